The van der Waals surface area contributed by atoms with E-state index in [2.05, 4.69) is 17.1 Å². The van der Waals surface area contributed by atoms with Gasteiger partial charge in [-0.25, -0.2) is 9.89 Å². The molecule has 0 aromatic carbocycles. The molecule has 16 heavy (non-hydrogen) atoms. The largest absolute Gasteiger partial charge is 0.343 e. The topological polar surface area (TPSA) is 50.7 Å². The van der Waals surface area contributed by atoms with E-state index in [0.717, 1.165) is 23.8 Å². The molecule has 1 N–H and O–H groups in total. The van der Waals surface area contributed by atoms with Crippen molar-refractivity contribution in [3.63, 3.8) is 0 Å². The molecule has 0 amide bonds. The Morgan fingerprint density at radius 2 is 2.31 bits per heavy atom. The van der Waals surface area contributed by atoms with E-state index in [0.29, 0.717) is 18.3 Å². The molecule has 1 atom stereocenters. The molecule has 1 aromatic rings. The second-order valence-corrected chi connectivity index (χ2v) is 5.22. The van der Waals surface area contributed by atoms with Crippen molar-refractivity contribution in [3.05, 3.63) is 10.5 Å². The van der Waals surface area contributed by atoms with Gasteiger partial charge in [0.25, 0.3) is 0 Å². The summed E-state index contributed by atoms with van der Waals surface area (Å²) in [7, 11) is 0. The zero-order chi connectivity index (χ0) is 12.0. The van der Waals surface area contributed by atoms with Gasteiger partial charge in [0, 0.05) is 18.2 Å². The van der Waals surface area contributed by atoms with Crippen LogP contribution in [0.3, 0.4) is 0 Å². The molecule has 1 rings (SSSR count). The lowest BCUT2D eigenvalue weighted by Crippen LogP contribution is -2.16. The van der Waals surface area contributed by atoms with Crippen molar-refractivity contribution in [1.29, 1.82) is 0 Å². The number of hydrogen-bond acceptors (Lipinski definition) is 3. The molecule has 0 aliphatic carbocycles. The molecule has 1 unspecified atom stereocenters. The minimum atomic E-state index is -0.126. The predicted molar refractivity (Wildman–Crippen MR) is 68.4 cm³/mol. The lowest BCUT2D eigenvalue weighted by atomic mass is 10.1. The number of nitrogens with zero attached hydrogens (tertiary/aromatic N) is 2. The molecule has 0 aliphatic heterocycles. The average Bonchev–Trinajstić information content (AvgIpc) is 2.60. The summed E-state index contributed by atoms with van der Waals surface area (Å²) in [6.45, 7) is 4.80. The van der Waals surface area contributed by atoms with Crippen molar-refractivity contribution in [2.75, 3.05) is 11.6 Å². The lowest BCUT2D eigenvalue weighted by Gasteiger charge is -2.08. The Hall–Kier alpha value is -0.420. The fourth-order valence-electron chi connectivity index (χ4n) is 1.37. The van der Waals surface area contributed by atoms with E-state index in [4.69, 9.17) is 11.6 Å². The lowest BCUT2D eigenvalue weighted by molar-refractivity contribution is 0.551. The van der Waals surface area contributed by atoms with Crippen LogP contribution < -0.4 is 5.69 Å². The predicted octanol–water partition coefficient (Wildman–Crippen LogP) is 2.34. The maximum absolute atomic E-state index is 11.3. The van der Waals surface area contributed by atoms with Crippen LogP contribution in [0.25, 0.3) is 0 Å². The van der Waals surface area contributed by atoms with Crippen LogP contribution >= 0.6 is 23.4 Å². The highest BCUT2D eigenvalue weighted by Gasteiger charge is 2.08. The summed E-state index contributed by atoms with van der Waals surface area (Å²) in [6.07, 6.45) is 2.14. The fourth-order valence-corrected chi connectivity index (χ4v) is 2.93. The SMILES string of the molecule is CCn1c(SCCC(C)CCCl)n[nH]c1=O. The Morgan fingerprint density at radius 1 is 1.56 bits per heavy atom. The maximum Gasteiger partial charge on any atom is 0.343 e. The minimum Gasteiger partial charge on any atom is -0.270 e. The van der Waals surface area contributed by atoms with Gasteiger partial charge in [-0.15, -0.1) is 16.7 Å². The number of thioether (sulfide) groups is 1. The van der Waals surface area contributed by atoms with Crippen LogP contribution in [0.15, 0.2) is 9.95 Å². The Balaban J connectivity index is 2.40. The van der Waals surface area contributed by atoms with Gasteiger partial charge in [0.05, 0.1) is 0 Å². The highest BCUT2D eigenvalue weighted by molar-refractivity contribution is 7.99. The Morgan fingerprint density at radius 3 is 2.94 bits per heavy atom. The summed E-state index contributed by atoms with van der Waals surface area (Å²) in [5.41, 5.74) is -0.126. The summed E-state index contributed by atoms with van der Waals surface area (Å²) < 4.78 is 1.65. The molecular formula is C10H18ClN3OS. The number of hydrogen-bond donors (Lipinski definition) is 1. The first-order valence-electron chi connectivity index (χ1n) is 5.53. The molecule has 0 fully saturated rings. The number of H-pyrrole nitrogens is 1. The normalized spacial score (nSPS) is 12.9. The first-order chi connectivity index (χ1) is 7.69. The Labute approximate surface area is 105 Å². The van der Waals surface area contributed by atoms with Gasteiger partial charge in [-0.1, -0.05) is 18.7 Å². The highest BCUT2D eigenvalue weighted by Crippen LogP contribution is 2.18. The molecule has 6 heteroatoms. The van der Waals surface area contributed by atoms with E-state index in [1.165, 1.54) is 0 Å². The number of halogens is 1. The van der Waals surface area contributed by atoms with Crippen molar-refractivity contribution in [3.8, 4) is 0 Å². The molecule has 0 bridgehead atoms. The summed E-state index contributed by atoms with van der Waals surface area (Å²) >= 11 is 7.30. The van der Waals surface area contributed by atoms with Crippen LogP contribution in [0.2, 0.25) is 0 Å². The van der Waals surface area contributed by atoms with Gasteiger partial charge in [0.15, 0.2) is 5.16 Å². The fraction of sp³-hybridized carbons (Fsp3) is 0.800. The van der Waals surface area contributed by atoms with Crippen LogP contribution in [0.5, 0.6) is 0 Å². The standard InChI is InChI=1S/C10H18ClN3OS/c1-3-14-9(15)12-13-10(14)16-7-5-8(2)4-6-11/h8H,3-7H2,1-2H3,(H,12,15). The third-order valence-corrected chi connectivity index (χ3v) is 3.71. The smallest absolute Gasteiger partial charge is 0.270 e. The van der Waals surface area contributed by atoms with Gasteiger partial charge in [-0.3, -0.25) is 4.57 Å². The zero-order valence-corrected chi connectivity index (χ0v) is 11.3. The minimum absolute atomic E-state index is 0.126. The molecule has 0 spiro atoms. The van der Waals surface area contributed by atoms with E-state index in [9.17, 15) is 4.79 Å². The summed E-state index contributed by atoms with van der Waals surface area (Å²) in [5.74, 6) is 2.32. The molecule has 4 nitrogen and oxygen atoms in total. The third kappa shape index (κ3) is 3.87. The number of aromatic amines is 1. The number of aromatic nitrogens is 3. The van der Waals surface area contributed by atoms with Crippen molar-refractivity contribution >= 4 is 23.4 Å². The first-order valence-corrected chi connectivity index (χ1v) is 7.05. The van der Waals surface area contributed by atoms with Crippen LogP contribution in [0.1, 0.15) is 26.7 Å². The van der Waals surface area contributed by atoms with Crippen LogP contribution in [0.4, 0.5) is 0 Å². The molecule has 1 heterocycles. The number of rotatable bonds is 7. The molecule has 0 saturated carbocycles. The Bertz CT molecular complexity index is 363. The van der Waals surface area contributed by atoms with Gasteiger partial charge in [-0.05, 0) is 25.7 Å². The summed E-state index contributed by atoms with van der Waals surface area (Å²) in [4.78, 5) is 11.3. The van der Waals surface area contributed by atoms with E-state index >= 15 is 0 Å². The highest BCUT2D eigenvalue weighted by atomic mass is 35.5. The van der Waals surface area contributed by atoms with Gasteiger partial charge in [0.2, 0.25) is 0 Å². The van der Waals surface area contributed by atoms with Crippen LogP contribution in [-0.4, -0.2) is 26.4 Å². The average molecular weight is 264 g/mol. The maximum atomic E-state index is 11.3. The van der Waals surface area contributed by atoms with Gasteiger partial charge in [-0.2, -0.15) is 0 Å². The van der Waals surface area contributed by atoms with E-state index in [-0.39, 0.29) is 5.69 Å². The monoisotopic (exact) mass is 263 g/mol. The van der Waals surface area contributed by atoms with Gasteiger partial charge in [0.1, 0.15) is 0 Å². The van der Waals surface area contributed by atoms with Gasteiger partial charge < -0.3 is 0 Å². The van der Waals surface area contributed by atoms with E-state index in [1.54, 1.807) is 16.3 Å². The molecule has 1 aromatic heterocycles. The second-order valence-electron chi connectivity index (χ2n) is 3.78. The van der Waals surface area contributed by atoms with Crippen molar-refractivity contribution in [2.24, 2.45) is 5.92 Å². The number of nitrogens with one attached hydrogen (secondary N) is 1. The van der Waals surface area contributed by atoms with Crippen LogP contribution in [-0.2, 0) is 6.54 Å². The Kier molecular flexibility index (Phi) is 5.98. The number of alkyl halides is 1. The molecule has 0 saturated heterocycles. The molecular weight excluding hydrogens is 246 g/mol. The quantitative estimate of drug-likeness (QED) is 0.607. The molecule has 0 aliphatic rings. The summed E-state index contributed by atoms with van der Waals surface area (Å²) in [6, 6.07) is 0. The van der Waals surface area contributed by atoms with E-state index < -0.39 is 0 Å². The molecule has 0 radical (unpaired) electrons. The first kappa shape index (κ1) is 13.6. The van der Waals surface area contributed by atoms with Crippen molar-refractivity contribution in [1.82, 2.24) is 14.8 Å². The van der Waals surface area contributed by atoms with Crippen LogP contribution in [0, 0.1) is 5.92 Å². The zero-order valence-electron chi connectivity index (χ0n) is 9.70. The summed E-state index contributed by atoms with van der Waals surface area (Å²) in [5, 5.41) is 7.24. The van der Waals surface area contributed by atoms with Crippen molar-refractivity contribution < 1.29 is 0 Å². The van der Waals surface area contributed by atoms with E-state index in [1.807, 2.05) is 6.92 Å². The van der Waals surface area contributed by atoms with Crippen molar-refractivity contribution in [2.45, 2.75) is 38.4 Å². The van der Waals surface area contributed by atoms with Gasteiger partial charge >= 0.3 is 5.69 Å². The third-order valence-electron chi connectivity index (χ3n) is 2.48. The molecule has 92 valence electrons. The second kappa shape index (κ2) is 7.01.